The number of alkyl halides is 3. The lowest BCUT2D eigenvalue weighted by Crippen LogP contribution is -2.39. The summed E-state index contributed by atoms with van der Waals surface area (Å²) in [6.07, 6.45) is -2.05. The molecule has 2 aliphatic rings. The molecule has 222 valence electrons. The minimum atomic E-state index is -4.69. The number of anilines is 1. The zero-order chi connectivity index (χ0) is 31.2. The van der Waals surface area contributed by atoms with Crippen LogP contribution < -0.4 is 10.6 Å². The Morgan fingerprint density at radius 2 is 1.66 bits per heavy atom. The Balaban J connectivity index is 1.59. The van der Waals surface area contributed by atoms with Gasteiger partial charge >= 0.3 is 6.18 Å². The number of carbonyl (C=O) groups is 1. The van der Waals surface area contributed by atoms with E-state index in [1.165, 1.54) is 23.1 Å². The van der Waals surface area contributed by atoms with E-state index in [9.17, 15) is 23.2 Å². The molecule has 0 saturated heterocycles. The van der Waals surface area contributed by atoms with Crippen molar-refractivity contribution in [3.8, 4) is 17.3 Å². The van der Waals surface area contributed by atoms with Crippen LogP contribution in [-0.4, -0.2) is 15.6 Å². The lowest BCUT2D eigenvalue weighted by atomic mass is 9.75. The van der Waals surface area contributed by atoms with Crippen LogP contribution in [0.4, 0.5) is 18.9 Å². The molecule has 6 nitrogen and oxygen atoms in total. The highest BCUT2D eigenvalue weighted by Gasteiger charge is 2.44. The molecule has 4 aromatic rings. The van der Waals surface area contributed by atoms with Crippen molar-refractivity contribution in [3.05, 3.63) is 128 Å². The molecule has 2 N–H and O–H groups in total. The SMILES string of the molecule is N#CC1=C(N)N(c2ccccc2C(F)(F)F)C2=C(C(=O)CCC2)[C@H]1c1cn(Cc2c(Cl)cccc2Cl)nc1-c1ccccc1. The van der Waals surface area contributed by atoms with Crippen LogP contribution >= 0.6 is 23.2 Å². The minimum absolute atomic E-state index is 0.0384. The maximum absolute atomic E-state index is 14.2. The maximum Gasteiger partial charge on any atom is 0.418 e. The van der Waals surface area contributed by atoms with Crippen LogP contribution in [0.15, 0.2) is 102 Å². The van der Waals surface area contributed by atoms with Gasteiger partial charge in [-0.3, -0.25) is 14.4 Å². The van der Waals surface area contributed by atoms with Crippen molar-refractivity contribution < 1.29 is 18.0 Å². The zero-order valence-corrected chi connectivity index (χ0v) is 24.6. The molecule has 1 atom stereocenters. The van der Waals surface area contributed by atoms with Gasteiger partial charge in [0, 0.05) is 50.6 Å². The number of allylic oxidation sites excluding steroid dienone is 3. The third kappa shape index (κ3) is 5.14. The number of halogens is 5. The van der Waals surface area contributed by atoms with Crippen molar-refractivity contribution >= 4 is 34.7 Å². The van der Waals surface area contributed by atoms with Gasteiger partial charge < -0.3 is 5.73 Å². The second-order valence-corrected chi connectivity index (χ2v) is 11.3. The second kappa shape index (κ2) is 11.5. The number of para-hydroxylation sites is 1. The van der Waals surface area contributed by atoms with Gasteiger partial charge in [0.05, 0.1) is 41.0 Å². The number of nitriles is 1. The number of hydrogen-bond donors (Lipinski definition) is 1. The van der Waals surface area contributed by atoms with Crippen molar-refractivity contribution in [3.63, 3.8) is 0 Å². The molecule has 44 heavy (non-hydrogen) atoms. The first-order valence-electron chi connectivity index (χ1n) is 13.8. The lowest BCUT2D eigenvalue weighted by Gasteiger charge is -2.40. The Morgan fingerprint density at radius 3 is 2.34 bits per heavy atom. The Kier molecular flexibility index (Phi) is 7.74. The highest BCUT2D eigenvalue weighted by Crippen LogP contribution is 2.50. The Bertz CT molecular complexity index is 1870. The molecule has 1 aliphatic carbocycles. The molecule has 1 aliphatic heterocycles. The molecule has 0 bridgehead atoms. The highest BCUT2D eigenvalue weighted by molar-refractivity contribution is 6.36. The molecule has 0 amide bonds. The third-order valence-electron chi connectivity index (χ3n) is 7.89. The van der Waals surface area contributed by atoms with Crippen molar-refractivity contribution in [2.45, 2.75) is 37.9 Å². The van der Waals surface area contributed by atoms with Crippen LogP contribution in [0, 0.1) is 11.3 Å². The van der Waals surface area contributed by atoms with Crippen LogP contribution in [-0.2, 0) is 17.5 Å². The van der Waals surface area contributed by atoms with Crippen LogP contribution in [0.3, 0.4) is 0 Å². The summed E-state index contributed by atoms with van der Waals surface area (Å²) < 4.78 is 44.1. The molecule has 6 rings (SSSR count). The third-order valence-corrected chi connectivity index (χ3v) is 8.60. The molecule has 0 spiro atoms. The van der Waals surface area contributed by atoms with E-state index < -0.39 is 17.7 Å². The average Bonchev–Trinajstić information content (AvgIpc) is 3.42. The van der Waals surface area contributed by atoms with Gasteiger partial charge in [0.2, 0.25) is 0 Å². The fourth-order valence-electron chi connectivity index (χ4n) is 5.98. The number of aromatic nitrogens is 2. The maximum atomic E-state index is 14.2. The predicted octanol–water partition coefficient (Wildman–Crippen LogP) is 8.23. The minimum Gasteiger partial charge on any atom is -0.384 e. The number of nitrogens with two attached hydrogens (primary N) is 1. The normalized spacial score (nSPS) is 17.1. The molecule has 0 radical (unpaired) electrons. The Morgan fingerprint density at radius 1 is 0.977 bits per heavy atom. The van der Waals surface area contributed by atoms with Crippen molar-refractivity contribution in [2.75, 3.05) is 4.90 Å². The summed E-state index contributed by atoms with van der Waals surface area (Å²) in [5, 5.41) is 16.2. The van der Waals surface area contributed by atoms with E-state index in [-0.39, 0.29) is 41.4 Å². The number of carbonyl (C=O) groups excluding carboxylic acids is 1. The van der Waals surface area contributed by atoms with Gasteiger partial charge in [-0.05, 0) is 37.1 Å². The fourth-order valence-corrected chi connectivity index (χ4v) is 6.49. The number of benzene rings is 3. The van der Waals surface area contributed by atoms with Gasteiger partial charge in [0.1, 0.15) is 5.82 Å². The molecule has 0 saturated carbocycles. The van der Waals surface area contributed by atoms with E-state index >= 15 is 0 Å². The molecule has 0 fully saturated rings. The van der Waals surface area contributed by atoms with E-state index in [1.54, 1.807) is 29.1 Å². The number of ketones is 1. The Labute approximate surface area is 261 Å². The quantitative estimate of drug-likeness (QED) is 0.239. The van der Waals surface area contributed by atoms with E-state index in [2.05, 4.69) is 6.07 Å². The summed E-state index contributed by atoms with van der Waals surface area (Å²) in [6.45, 7) is 0.192. The fraction of sp³-hybridized carbons (Fsp3) is 0.182. The zero-order valence-electron chi connectivity index (χ0n) is 23.1. The topological polar surface area (TPSA) is 87.9 Å². The molecule has 1 aromatic heterocycles. The van der Waals surface area contributed by atoms with E-state index in [1.807, 2.05) is 30.3 Å². The van der Waals surface area contributed by atoms with Crippen LogP contribution in [0.5, 0.6) is 0 Å². The van der Waals surface area contributed by atoms with Gasteiger partial charge in [-0.1, -0.05) is 71.7 Å². The summed E-state index contributed by atoms with van der Waals surface area (Å²) in [5.74, 6) is -1.38. The summed E-state index contributed by atoms with van der Waals surface area (Å²) in [4.78, 5) is 15.0. The number of Topliss-reactive ketones (excluding diaryl/α,β-unsaturated/α-hetero) is 1. The van der Waals surface area contributed by atoms with Crippen molar-refractivity contribution in [1.29, 1.82) is 5.26 Å². The molecule has 0 unspecified atom stereocenters. The van der Waals surface area contributed by atoms with Crippen LogP contribution in [0.25, 0.3) is 11.3 Å². The largest absolute Gasteiger partial charge is 0.418 e. The Hall–Kier alpha value is -4.52. The second-order valence-electron chi connectivity index (χ2n) is 10.5. The van der Waals surface area contributed by atoms with Gasteiger partial charge in [-0.25, -0.2) is 0 Å². The summed E-state index contributed by atoms with van der Waals surface area (Å²) in [5.41, 5.74) is 8.38. The molecular formula is C33H24Cl2F3N5O. The summed E-state index contributed by atoms with van der Waals surface area (Å²) >= 11 is 12.9. The van der Waals surface area contributed by atoms with E-state index in [0.717, 1.165) is 11.6 Å². The van der Waals surface area contributed by atoms with Crippen molar-refractivity contribution in [2.24, 2.45) is 5.73 Å². The summed E-state index contributed by atoms with van der Waals surface area (Å²) in [7, 11) is 0. The first kappa shape index (κ1) is 29.5. The first-order chi connectivity index (χ1) is 21.1. The molecule has 11 heteroatoms. The highest BCUT2D eigenvalue weighted by atomic mass is 35.5. The molecule has 2 heterocycles. The number of hydrogen-bond acceptors (Lipinski definition) is 5. The van der Waals surface area contributed by atoms with E-state index in [0.29, 0.717) is 45.4 Å². The van der Waals surface area contributed by atoms with Crippen LogP contribution in [0.1, 0.15) is 41.9 Å². The standard InChI is InChI=1S/C33H24Cl2F3N5O/c34-24-11-6-12-25(35)21(24)17-42-18-22(31(41-42)19-8-2-1-3-9-19)29-20(16-39)32(40)43(27-14-7-15-28(44)30(27)29)26-13-5-4-10-23(26)33(36,37)38/h1-6,8-13,18,29H,7,14-15,17,40H2/t29-/m1/s1. The molecule has 3 aromatic carbocycles. The molecular weight excluding hydrogens is 610 g/mol. The number of rotatable bonds is 5. The van der Waals surface area contributed by atoms with Gasteiger partial charge in [-0.15, -0.1) is 0 Å². The monoisotopic (exact) mass is 633 g/mol. The number of nitrogens with zero attached hydrogens (tertiary/aromatic N) is 4. The van der Waals surface area contributed by atoms with Crippen molar-refractivity contribution in [1.82, 2.24) is 9.78 Å². The smallest absolute Gasteiger partial charge is 0.384 e. The first-order valence-corrected chi connectivity index (χ1v) is 14.5. The lowest BCUT2D eigenvalue weighted by molar-refractivity contribution is -0.137. The van der Waals surface area contributed by atoms with Gasteiger partial charge in [0.15, 0.2) is 5.78 Å². The van der Waals surface area contributed by atoms with Crippen LogP contribution in [0.2, 0.25) is 10.0 Å². The van der Waals surface area contributed by atoms with E-state index in [4.69, 9.17) is 34.0 Å². The predicted molar refractivity (Wildman–Crippen MR) is 163 cm³/mol. The van der Waals surface area contributed by atoms with Gasteiger partial charge in [-0.2, -0.15) is 23.5 Å². The average molecular weight is 634 g/mol. The summed E-state index contributed by atoms with van der Waals surface area (Å²) in [6, 6.07) is 21.6. The van der Waals surface area contributed by atoms with Gasteiger partial charge in [0.25, 0.3) is 0 Å².